The lowest BCUT2D eigenvalue weighted by Crippen LogP contribution is -1.81. The quantitative estimate of drug-likeness (QED) is 0.462. The number of thioether (sulfide) groups is 1. The van der Waals surface area contributed by atoms with Gasteiger partial charge >= 0.3 is 0 Å². The highest BCUT2D eigenvalue weighted by atomic mass is 35.5. The van der Waals surface area contributed by atoms with E-state index in [1.54, 1.807) is 12.1 Å². The maximum Gasteiger partial charge on any atom is 0.130 e. The molecule has 0 amide bonds. The first-order chi connectivity index (χ1) is 6.15. The molecule has 0 aromatic heterocycles. The number of halogens is 3. The Labute approximate surface area is 95.4 Å². The Morgan fingerprint density at radius 2 is 1.77 bits per heavy atom. The molecule has 0 bridgehead atoms. The van der Waals surface area contributed by atoms with E-state index >= 15 is 0 Å². The summed E-state index contributed by atoms with van der Waals surface area (Å²) in [6.45, 7) is 0. The van der Waals surface area contributed by atoms with Crippen molar-refractivity contribution in [1.29, 1.82) is 0 Å². The van der Waals surface area contributed by atoms with Crippen LogP contribution in [0.4, 0.5) is 0 Å². The third-order valence-electron chi connectivity index (χ3n) is 1.28. The van der Waals surface area contributed by atoms with Gasteiger partial charge in [-0.3, -0.25) is 0 Å². The van der Waals surface area contributed by atoms with Gasteiger partial charge in [0.15, 0.2) is 0 Å². The number of carbonyl (C=O) groups is 1. The van der Waals surface area contributed by atoms with Gasteiger partial charge in [-0.2, -0.15) is 0 Å². The van der Waals surface area contributed by atoms with E-state index in [4.69, 9.17) is 34.8 Å². The summed E-state index contributed by atoms with van der Waals surface area (Å²) in [5.41, 5.74) is 0. The van der Waals surface area contributed by atoms with Crippen LogP contribution in [0.15, 0.2) is 17.0 Å². The van der Waals surface area contributed by atoms with Crippen LogP contribution in [-0.4, -0.2) is 12.0 Å². The van der Waals surface area contributed by atoms with Crippen LogP contribution in [0.25, 0.3) is 0 Å². The van der Waals surface area contributed by atoms with Crippen molar-refractivity contribution in [3.63, 3.8) is 0 Å². The van der Waals surface area contributed by atoms with Crippen LogP contribution >= 0.6 is 46.6 Å². The monoisotopic (exact) mass is 254 g/mol. The zero-order chi connectivity index (χ0) is 9.84. The topological polar surface area (TPSA) is 17.1 Å². The van der Waals surface area contributed by atoms with Gasteiger partial charge in [-0.15, -0.1) is 11.8 Å². The largest absolute Gasteiger partial charge is 0.302 e. The molecule has 0 fully saturated rings. The average Bonchev–Trinajstić information content (AvgIpc) is 2.09. The standard InChI is InChI=1S/C8H5Cl3OS/c9-5-3-7(11)8(4-6(5)10)13-2-1-12/h1,3-4H,2H2. The fourth-order valence-corrected chi connectivity index (χ4v) is 2.16. The van der Waals surface area contributed by atoms with Gasteiger partial charge in [0.25, 0.3) is 0 Å². The highest BCUT2D eigenvalue weighted by Crippen LogP contribution is 2.34. The van der Waals surface area contributed by atoms with Gasteiger partial charge in [-0.05, 0) is 12.1 Å². The van der Waals surface area contributed by atoms with Gasteiger partial charge in [0.05, 0.1) is 20.8 Å². The zero-order valence-corrected chi connectivity index (χ0v) is 9.47. The molecule has 0 aliphatic rings. The summed E-state index contributed by atoms with van der Waals surface area (Å²) in [5, 5.41) is 1.38. The Hall–Kier alpha value is 0.110. The van der Waals surface area contributed by atoms with E-state index in [9.17, 15) is 4.79 Å². The van der Waals surface area contributed by atoms with Crippen molar-refractivity contribution in [2.45, 2.75) is 4.90 Å². The van der Waals surface area contributed by atoms with Gasteiger partial charge in [0, 0.05) is 4.90 Å². The molecule has 1 aromatic rings. The van der Waals surface area contributed by atoms with Crippen LogP contribution in [0, 0.1) is 0 Å². The molecule has 0 spiro atoms. The molecule has 0 radical (unpaired) electrons. The minimum Gasteiger partial charge on any atom is -0.302 e. The molecule has 0 unspecified atom stereocenters. The molecule has 0 atom stereocenters. The smallest absolute Gasteiger partial charge is 0.130 e. The Bertz CT molecular complexity index is 327. The minimum atomic E-state index is 0.359. The molecule has 0 heterocycles. The fourth-order valence-electron chi connectivity index (χ4n) is 0.739. The SMILES string of the molecule is O=CCSc1cc(Cl)c(Cl)cc1Cl. The lowest BCUT2D eigenvalue weighted by atomic mass is 10.4. The first-order valence-corrected chi connectivity index (χ1v) is 5.48. The Balaban J connectivity index is 2.94. The number of rotatable bonds is 3. The molecule has 70 valence electrons. The van der Waals surface area contributed by atoms with Crippen LogP contribution in [0.3, 0.4) is 0 Å². The van der Waals surface area contributed by atoms with Crippen LogP contribution < -0.4 is 0 Å². The van der Waals surface area contributed by atoms with E-state index in [-0.39, 0.29) is 0 Å². The molecule has 0 saturated carbocycles. The molecular weight excluding hydrogens is 251 g/mol. The number of benzene rings is 1. The van der Waals surface area contributed by atoms with Crippen LogP contribution in [0.5, 0.6) is 0 Å². The Morgan fingerprint density at radius 1 is 1.15 bits per heavy atom. The molecule has 0 aliphatic heterocycles. The maximum atomic E-state index is 10.1. The van der Waals surface area contributed by atoms with Crippen LogP contribution in [0.1, 0.15) is 0 Å². The summed E-state index contributed by atoms with van der Waals surface area (Å²) < 4.78 is 0. The van der Waals surface area contributed by atoms with E-state index in [1.165, 1.54) is 11.8 Å². The molecular formula is C8H5Cl3OS. The predicted molar refractivity (Wildman–Crippen MR) is 58.3 cm³/mol. The van der Waals surface area contributed by atoms with E-state index in [1.807, 2.05) is 0 Å². The second kappa shape index (κ2) is 5.11. The van der Waals surface area contributed by atoms with Crippen molar-refractivity contribution in [1.82, 2.24) is 0 Å². The molecule has 5 heteroatoms. The highest BCUT2D eigenvalue weighted by molar-refractivity contribution is 8.00. The molecule has 13 heavy (non-hydrogen) atoms. The van der Waals surface area contributed by atoms with Gasteiger partial charge < -0.3 is 4.79 Å². The van der Waals surface area contributed by atoms with E-state index in [0.29, 0.717) is 20.8 Å². The zero-order valence-electron chi connectivity index (χ0n) is 6.39. The Morgan fingerprint density at radius 3 is 2.38 bits per heavy atom. The summed E-state index contributed by atoms with van der Waals surface area (Å²) in [6, 6.07) is 3.22. The maximum absolute atomic E-state index is 10.1. The summed E-state index contributed by atoms with van der Waals surface area (Å²) in [5.74, 6) is 0.359. The van der Waals surface area contributed by atoms with Crippen molar-refractivity contribution >= 4 is 52.9 Å². The first-order valence-electron chi connectivity index (χ1n) is 3.36. The second-order valence-electron chi connectivity index (χ2n) is 2.17. The molecule has 1 aromatic carbocycles. The summed E-state index contributed by atoms with van der Waals surface area (Å²) in [6.07, 6.45) is 0.809. The fraction of sp³-hybridized carbons (Fsp3) is 0.125. The first kappa shape index (κ1) is 11.2. The third kappa shape index (κ3) is 3.06. The van der Waals surface area contributed by atoms with Crippen LogP contribution in [0.2, 0.25) is 15.1 Å². The lowest BCUT2D eigenvalue weighted by molar-refractivity contribution is -0.105. The Kier molecular flexibility index (Phi) is 4.39. The molecule has 0 aliphatic carbocycles. The number of hydrogen-bond donors (Lipinski definition) is 0. The second-order valence-corrected chi connectivity index (χ2v) is 4.46. The van der Waals surface area contributed by atoms with Crippen molar-refractivity contribution in [2.75, 3.05) is 5.75 Å². The average molecular weight is 256 g/mol. The van der Waals surface area contributed by atoms with Crippen LogP contribution in [-0.2, 0) is 4.79 Å². The number of hydrogen-bond acceptors (Lipinski definition) is 2. The number of carbonyl (C=O) groups excluding carboxylic acids is 1. The van der Waals surface area contributed by atoms with Crippen molar-refractivity contribution < 1.29 is 4.79 Å². The van der Waals surface area contributed by atoms with E-state index in [0.717, 1.165) is 11.2 Å². The van der Waals surface area contributed by atoms with Gasteiger partial charge in [-0.1, -0.05) is 34.8 Å². The third-order valence-corrected chi connectivity index (χ3v) is 3.38. The molecule has 0 saturated heterocycles. The van der Waals surface area contributed by atoms with E-state index < -0.39 is 0 Å². The van der Waals surface area contributed by atoms with Gasteiger partial charge in [0.2, 0.25) is 0 Å². The predicted octanol–water partition coefficient (Wildman–Crippen LogP) is 3.94. The summed E-state index contributed by atoms with van der Waals surface area (Å²) in [4.78, 5) is 10.9. The van der Waals surface area contributed by atoms with Crippen molar-refractivity contribution in [3.8, 4) is 0 Å². The molecule has 0 N–H and O–H groups in total. The van der Waals surface area contributed by atoms with Crippen molar-refractivity contribution in [2.24, 2.45) is 0 Å². The van der Waals surface area contributed by atoms with Gasteiger partial charge in [-0.25, -0.2) is 0 Å². The minimum absolute atomic E-state index is 0.359. The number of aldehydes is 1. The lowest BCUT2D eigenvalue weighted by Gasteiger charge is -2.03. The van der Waals surface area contributed by atoms with E-state index in [2.05, 4.69) is 0 Å². The van der Waals surface area contributed by atoms with Gasteiger partial charge in [0.1, 0.15) is 6.29 Å². The molecule has 1 nitrogen and oxygen atoms in total. The summed E-state index contributed by atoms with van der Waals surface area (Å²) in [7, 11) is 0. The summed E-state index contributed by atoms with van der Waals surface area (Å²) >= 11 is 18.7. The highest BCUT2D eigenvalue weighted by Gasteiger charge is 2.05. The molecule has 1 rings (SSSR count). The van der Waals surface area contributed by atoms with Crippen molar-refractivity contribution in [3.05, 3.63) is 27.2 Å². The normalized spacial score (nSPS) is 10.1.